The van der Waals surface area contributed by atoms with Crippen LogP contribution in [0, 0.1) is 20.8 Å². The third-order valence-electron chi connectivity index (χ3n) is 2.83. The summed E-state index contributed by atoms with van der Waals surface area (Å²) in [4.78, 5) is 5.47. The summed E-state index contributed by atoms with van der Waals surface area (Å²) in [6, 6.07) is 3.76. The van der Waals surface area contributed by atoms with Gasteiger partial charge in [-0.05, 0) is 44.0 Å². The van der Waals surface area contributed by atoms with E-state index in [4.69, 9.17) is 0 Å². The zero-order valence-corrected chi connectivity index (χ0v) is 11.1. The highest BCUT2D eigenvalue weighted by molar-refractivity contribution is 7.09. The van der Waals surface area contributed by atoms with Crippen molar-refractivity contribution in [2.75, 3.05) is 5.32 Å². The Morgan fingerprint density at radius 3 is 2.65 bits per heavy atom. The highest BCUT2D eigenvalue weighted by Gasteiger charge is 2.05. The molecule has 0 bridgehead atoms. The van der Waals surface area contributed by atoms with Crippen molar-refractivity contribution in [1.82, 2.24) is 4.98 Å². The molecule has 0 fully saturated rings. The molecule has 2 N–H and O–H groups in total. The fraction of sp³-hybridized carbons (Fsp3) is 0.308. The van der Waals surface area contributed by atoms with Crippen molar-refractivity contribution in [2.24, 2.45) is 0 Å². The van der Waals surface area contributed by atoms with Crippen LogP contribution in [0.15, 0.2) is 17.6 Å². The monoisotopic (exact) mass is 248 g/mol. The van der Waals surface area contributed by atoms with Crippen molar-refractivity contribution in [2.45, 2.75) is 27.3 Å². The summed E-state index contributed by atoms with van der Waals surface area (Å²) >= 11 is 1.66. The molecule has 90 valence electrons. The molecule has 0 unspecified atom stereocenters. The first-order chi connectivity index (χ1) is 8.08. The highest BCUT2D eigenvalue weighted by atomic mass is 32.1. The first-order valence-corrected chi connectivity index (χ1v) is 6.39. The van der Waals surface area contributed by atoms with Crippen molar-refractivity contribution in [3.8, 4) is 5.75 Å². The number of aryl methyl sites for hydroxylation is 3. The summed E-state index contributed by atoms with van der Waals surface area (Å²) in [6.45, 7) is 6.68. The van der Waals surface area contributed by atoms with Crippen molar-refractivity contribution in [3.63, 3.8) is 0 Å². The number of hydrogen-bond acceptors (Lipinski definition) is 4. The zero-order chi connectivity index (χ0) is 12.4. The average molecular weight is 248 g/mol. The van der Waals surface area contributed by atoms with Gasteiger partial charge in [-0.15, -0.1) is 11.3 Å². The summed E-state index contributed by atoms with van der Waals surface area (Å²) in [6.07, 6.45) is 0. The second-order valence-corrected chi connectivity index (χ2v) is 5.11. The second kappa shape index (κ2) is 4.75. The van der Waals surface area contributed by atoms with Gasteiger partial charge in [0.2, 0.25) is 0 Å². The first-order valence-electron chi connectivity index (χ1n) is 5.51. The molecule has 1 aromatic carbocycles. The zero-order valence-electron chi connectivity index (χ0n) is 10.2. The number of aromatic nitrogens is 1. The first kappa shape index (κ1) is 11.9. The van der Waals surface area contributed by atoms with Crippen molar-refractivity contribution in [3.05, 3.63) is 39.3 Å². The standard InChI is InChI=1S/C13H16N2OS/c1-8-5-12(16)9(2)4-11(8)14-6-13-10(3)15-7-17-13/h4-5,7,14,16H,6H2,1-3H3. The van der Waals surface area contributed by atoms with Gasteiger partial charge in [0, 0.05) is 10.6 Å². The lowest BCUT2D eigenvalue weighted by atomic mass is 10.1. The summed E-state index contributed by atoms with van der Waals surface area (Å²) in [5, 5.41) is 13.0. The summed E-state index contributed by atoms with van der Waals surface area (Å²) < 4.78 is 0. The molecule has 1 aromatic heterocycles. The topological polar surface area (TPSA) is 45.2 Å². The van der Waals surface area contributed by atoms with Gasteiger partial charge < -0.3 is 10.4 Å². The fourth-order valence-corrected chi connectivity index (χ4v) is 2.38. The lowest BCUT2D eigenvalue weighted by Crippen LogP contribution is -2.01. The molecule has 4 heteroatoms. The van der Waals surface area contributed by atoms with Crippen LogP contribution in [0.2, 0.25) is 0 Å². The van der Waals surface area contributed by atoms with Crippen LogP contribution in [0.1, 0.15) is 21.7 Å². The molecule has 0 saturated carbocycles. The van der Waals surface area contributed by atoms with Crippen LogP contribution in [0.3, 0.4) is 0 Å². The van der Waals surface area contributed by atoms with Gasteiger partial charge in [-0.3, -0.25) is 0 Å². The van der Waals surface area contributed by atoms with E-state index < -0.39 is 0 Å². The minimum Gasteiger partial charge on any atom is -0.508 e. The van der Waals surface area contributed by atoms with Gasteiger partial charge in [0.1, 0.15) is 5.75 Å². The van der Waals surface area contributed by atoms with Crippen molar-refractivity contribution in [1.29, 1.82) is 0 Å². The predicted octanol–water partition coefficient (Wildman–Crippen LogP) is 3.39. The third kappa shape index (κ3) is 2.58. The van der Waals surface area contributed by atoms with Gasteiger partial charge in [-0.25, -0.2) is 4.98 Å². The molecule has 0 spiro atoms. The molecule has 0 radical (unpaired) electrons. The molecule has 0 atom stereocenters. The number of hydrogen-bond donors (Lipinski definition) is 2. The van der Waals surface area contributed by atoms with E-state index in [1.807, 2.05) is 32.3 Å². The van der Waals surface area contributed by atoms with Crippen LogP contribution < -0.4 is 5.32 Å². The van der Waals surface area contributed by atoms with E-state index in [1.54, 1.807) is 17.4 Å². The predicted molar refractivity (Wildman–Crippen MR) is 71.8 cm³/mol. The van der Waals surface area contributed by atoms with Crippen LogP contribution >= 0.6 is 11.3 Å². The molecule has 0 aliphatic rings. The van der Waals surface area contributed by atoms with Crippen LogP contribution in [0.5, 0.6) is 5.75 Å². The molecular weight excluding hydrogens is 232 g/mol. The Balaban J connectivity index is 2.14. The number of thiazole rings is 1. The second-order valence-electron chi connectivity index (χ2n) is 4.17. The number of phenolic OH excluding ortho intramolecular Hbond substituents is 1. The summed E-state index contributed by atoms with van der Waals surface area (Å²) in [7, 11) is 0. The molecule has 0 amide bonds. The lowest BCUT2D eigenvalue weighted by molar-refractivity contribution is 0.471. The number of aromatic hydroxyl groups is 1. The van der Waals surface area contributed by atoms with Gasteiger partial charge in [-0.2, -0.15) is 0 Å². The Kier molecular flexibility index (Phi) is 3.33. The molecule has 2 rings (SSSR count). The van der Waals surface area contributed by atoms with Crippen molar-refractivity contribution < 1.29 is 5.11 Å². The van der Waals surface area contributed by atoms with Gasteiger partial charge in [0.25, 0.3) is 0 Å². The fourth-order valence-electron chi connectivity index (χ4n) is 1.66. The van der Waals surface area contributed by atoms with Crippen LogP contribution in [0.25, 0.3) is 0 Å². The van der Waals surface area contributed by atoms with Gasteiger partial charge in [0.05, 0.1) is 17.7 Å². The van der Waals surface area contributed by atoms with Crippen LogP contribution in [-0.4, -0.2) is 10.1 Å². The number of phenols is 1. The molecular formula is C13H16N2OS. The van der Waals surface area contributed by atoms with Crippen LogP contribution in [-0.2, 0) is 6.54 Å². The largest absolute Gasteiger partial charge is 0.508 e. The number of rotatable bonds is 3. The van der Waals surface area contributed by atoms with E-state index in [0.717, 1.165) is 29.1 Å². The van der Waals surface area contributed by atoms with E-state index in [1.165, 1.54) is 4.88 Å². The normalized spacial score (nSPS) is 10.5. The van der Waals surface area contributed by atoms with Crippen LogP contribution in [0.4, 0.5) is 5.69 Å². The Hall–Kier alpha value is -1.55. The SMILES string of the molecule is Cc1cc(NCc2scnc2C)c(C)cc1O. The van der Waals surface area contributed by atoms with E-state index in [2.05, 4.69) is 10.3 Å². The lowest BCUT2D eigenvalue weighted by Gasteiger charge is -2.11. The average Bonchev–Trinajstić information content (AvgIpc) is 2.68. The smallest absolute Gasteiger partial charge is 0.118 e. The molecule has 2 aromatic rings. The van der Waals surface area contributed by atoms with Gasteiger partial charge in [0.15, 0.2) is 0 Å². The van der Waals surface area contributed by atoms with E-state index >= 15 is 0 Å². The van der Waals surface area contributed by atoms with E-state index in [0.29, 0.717) is 5.75 Å². The minimum atomic E-state index is 0.349. The van der Waals surface area contributed by atoms with Gasteiger partial charge >= 0.3 is 0 Å². The molecule has 0 saturated heterocycles. The maximum absolute atomic E-state index is 9.59. The summed E-state index contributed by atoms with van der Waals surface area (Å²) in [5.74, 6) is 0.349. The Bertz CT molecular complexity index is 534. The Labute approximate surface area is 105 Å². The number of nitrogens with one attached hydrogen (secondary N) is 1. The molecule has 0 aliphatic heterocycles. The number of benzene rings is 1. The molecule has 17 heavy (non-hydrogen) atoms. The third-order valence-corrected chi connectivity index (χ3v) is 3.76. The van der Waals surface area contributed by atoms with E-state index in [9.17, 15) is 5.11 Å². The number of anilines is 1. The maximum atomic E-state index is 9.59. The number of nitrogens with zero attached hydrogens (tertiary/aromatic N) is 1. The quantitative estimate of drug-likeness (QED) is 0.818. The van der Waals surface area contributed by atoms with E-state index in [-0.39, 0.29) is 0 Å². The molecule has 1 heterocycles. The minimum absolute atomic E-state index is 0.349. The van der Waals surface area contributed by atoms with Crippen molar-refractivity contribution >= 4 is 17.0 Å². The maximum Gasteiger partial charge on any atom is 0.118 e. The molecule has 0 aliphatic carbocycles. The highest BCUT2D eigenvalue weighted by Crippen LogP contribution is 2.25. The molecule has 3 nitrogen and oxygen atoms in total. The van der Waals surface area contributed by atoms with Gasteiger partial charge in [-0.1, -0.05) is 0 Å². The Morgan fingerprint density at radius 2 is 2.00 bits per heavy atom. The Morgan fingerprint density at radius 1 is 1.24 bits per heavy atom. The summed E-state index contributed by atoms with van der Waals surface area (Å²) in [5.41, 5.74) is 5.94.